The predicted molar refractivity (Wildman–Crippen MR) is 89.8 cm³/mol. The molecule has 0 unspecified atom stereocenters. The van der Waals surface area contributed by atoms with Crippen molar-refractivity contribution in [1.82, 2.24) is 9.97 Å². The first-order valence-electron chi connectivity index (χ1n) is 6.62. The molecule has 0 saturated heterocycles. The van der Waals surface area contributed by atoms with E-state index in [1.807, 2.05) is 32.0 Å². The molecule has 0 fully saturated rings. The van der Waals surface area contributed by atoms with E-state index >= 15 is 0 Å². The van der Waals surface area contributed by atoms with E-state index < -0.39 is 0 Å². The Bertz CT molecular complexity index is 622. The minimum Gasteiger partial charge on any atom is -0.378 e. The molecule has 6 heteroatoms. The lowest BCUT2D eigenvalue weighted by molar-refractivity contribution is 0.181. The molecule has 0 aliphatic heterocycles. The van der Waals surface area contributed by atoms with E-state index in [2.05, 4.69) is 31.2 Å². The maximum Gasteiger partial charge on any atom is 0.162 e. The highest BCUT2D eigenvalue weighted by Crippen LogP contribution is 2.29. The number of anilines is 1. The molecule has 1 heterocycles. The van der Waals surface area contributed by atoms with Gasteiger partial charge in [0.25, 0.3) is 0 Å². The van der Waals surface area contributed by atoms with Gasteiger partial charge in [-0.15, -0.1) is 0 Å². The van der Waals surface area contributed by atoms with Gasteiger partial charge in [-0.2, -0.15) is 0 Å². The molecule has 0 atom stereocenters. The second-order valence-corrected chi connectivity index (χ2v) is 5.81. The van der Waals surface area contributed by atoms with Crippen molar-refractivity contribution in [2.24, 2.45) is 0 Å². The molecule has 0 spiro atoms. The fourth-order valence-corrected chi connectivity index (χ4v) is 2.67. The van der Waals surface area contributed by atoms with E-state index in [-0.39, 0.29) is 0 Å². The monoisotopic (exact) mass is 369 g/mol. The molecule has 4 nitrogen and oxygen atoms in total. The van der Waals surface area contributed by atoms with Crippen LogP contribution in [0.1, 0.15) is 18.2 Å². The second-order valence-electron chi connectivity index (χ2n) is 4.58. The number of aromatic nitrogens is 2. The molecule has 112 valence electrons. The zero-order valence-corrected chi connectivity index (χ0v) is 14.5. The van der Waals surface area contributed by atoms with Crippen LogP contribution in [-0.4, -0.2) is 23.6 Å². The Morgan fingerprint density at radius 1 is 1.33 bits per heavy atom. The van der Waals surface area contributed by atoms with Crippen molar-refractivity contribution in [1.29, 1.82) is 0 Å². The lowest BCUT2D eigenvalue weighted by atomic mass is 10.1. The van der Waals surface area contributed by atoms with E-state index in [1.165, 1.54) is 0 Å². The van der Waals surface area contributed by atoms with E-state index in [0.717, 1.165) is 33.7 Å². The van der Waals surface area contributed by atoms with Gasteiger partial charge in [0.1, 0.15) is 5.82 Å². The van der Waals surface area contributed by atoms with Gasteiger partial charge in [-0.25, -0.2) is 9.97 Å². The Labute approximate surface area is 138 Å². The standard InChI is InChI=1S/C15H17BrClN3O/c1-4-18-15-13(16)12(8-21-3)19-14(20-15)11-6-5-10(17)7-9(11)2/h5-7H,4,8H2,1-3H3,(H,18,19,20). The van der Waals surface area contributed by atoms with Crippen LogP contribution in [0.25, 0.3) is 11.4 Å². The van der Waals surface area contributed by atoms with Gasteiger partial charge in [0, 0.05) is 24.2 Å². The fraction of sp³-hybridized carbons (Fsp3) is 0.333. The van der Waals surface area contributed by atoms with Gasteiger partial charge in [0.2, 0.25) is 0 Å². The largest absolute Gasteiger partial charge is 0.378 e. The van der Waals surface area contributed by atoms with Crippen LogP contribution in [0.2, 0.25) is 5.02 Å². The molecule has 1 N–H and O–H groups in total. The number of nitrogens with zero attached hydrogens (tertiary/aromatic N) is 2. The molecule has 1 aromatic carbocycles. The molecule has 0 saturated carbocycles. The maximum atomic E-state index is 6.01. The number of nitrogens with one attached hydrogen (secondary N) is 1. The quantitative estimate of drug-likeness (QED) is 0.845. The van der Waals surface area contributed by atoms with E-state index in [1.54, 1.807) is 7.11 Å². The van der Waals surface area contributed by atoms with Gasteiger partial charge in [0.05, 0.1) is 16.8 Å². The number of aryl methyl sites for hydroxylation is 1. The Kier molecular flexibility index (Phi) is 5.56. The molecule has 0 bridgehead atoms. The van der Waals surface area contributed by atoms with Crippen LogP contribution < -0.4 is 5.32 Å². The van der Waals surface area contributed by atoms with Gasteiger partial charge in [0.15, 0.2) is 5.82 Å². The van der Waals surface area contributed by atoms with Crippen LogP contribution in [0.15, 0.2) is 22.7 Å². The summed E-state index contributed by atoms with van der Waals surface area (Å²) in [7, 11) is 1.65. The molecule has 0 amide bonds. The number of hydrogen-bond donors (Lipinski definition) is 1. The summed E-state index contributed by atoms with van der Waals surface area (Å²) >= 11 is 9.54. The zero-order valence-electron chi connectivity index (χ0n) is 12.2. The van der Waals surface area contributed by atoms with Gasteiger partial charge in [-0.3, -0.25) is 0 Å². The summed E-state index contributed by atoms with van der Waals surface area (Å²) in [6, 6.07) is 5.69. The molecule has 21 heavy (non-hydrogen) atoms. The van der Waals surface area contributed by atoms with Crippen LogP contribution in [0.3, 0.4) is 0 Å². The zero-order chi connectivity index (χ0) is 15.4. The minimum atomic E-state index is 0.418. The smallest absolute Gasteiger partial charge is 0.162 e. The molecular formula is C15H17BrClN3O. The van der Waals surface area contributed by atoms with Crippen LogP contribution in [0.5, 0.6) is 0 Å². The number of ether oxygens (including phenoxy) is 1. The normalized spacial score (nSPS) is 10.7. The predicted octanol–water partition coefficient (Wildman–Crippen LogP) is 4.45. The average molecular weight is 371 g/mol. The lowest BCUT2D eigenvalue weighted by Crippen LogP contribution is -2.07. The van der Waals surface area contributed by atoms with Crippen molar-refractivity contribution in [3.05, 3.63) is 39.0 Å². The van der Waals surface area contributed by atoms with Crippen molar-refractivity contribution in [2.45, 2.75) is 20.5 Å². The summed E-state index contributed by atoms with van der Waals surface area (Å²) in [6.07, 6.45) is 0. The van der Waals surface area contributed by atoms with Gasteiger partial charge in [-0.05, 0) is 53.5 Å². The Hall–Kier alpha value is -1.17. The summed E-state index contributed by atoms with van der Waals surface area (Å²) in [5.41, 5.74) is 2.81. The average Bonchev–Trinajstić information content (AvgIpc) is 2.43. The second kappa shape index (κ2) is 7.20. The fourth-order valence-electron chi connectivity index (χ4n) is 2.01. The Balaban J connectivity index is 2.56. The van der Waals surface area contributed by atoms with Gasteiger partial charge >= 0.3 is 0 Å². The van der Waals surface area contributed by atoms with E-state index in [0.29, 0.717) is 17.5 Å². The molecule has 0 radical (unpaired) electrons. The Morgan fingerprint density at radius 2 is 2.10 bits per heavy atom. The highest BCUT2D eigenvalue weighted by molar-refractivity contribution is 9.10. The van der Waals surface area contributed by atoms with Crippen LogP contribution in [0.4, 0.5) is 5.82 Å². The SMILES string of the molecule is CCNc1nc(-c2ccc(Cl)cc2C)nc(COC)c1Br. The summed E-state index contributed by atoms with van der Waals surface area (Å²) in [6.45, 7) is 5.22. The van der Waals surface area contributed by atoms with Crippen molar-refractivity contribution >= 4 is 33.3 Å². The number of methoxy groups -OCH3 is 1. The first-order chi connectivity index (χ1) is 10.1. The third-order valence-corrected chi connectivity index (χ3v) is 4.04. The number of halogens is 2. The topological polar surface area (TPSA) is 47.0 Å². The van der Waals surface area contributed by atoms with E-state index in [9.17, 15) is 0 Å². The summed E-state index contributed by atoms with van der Waals surface area (Å²) in [5.74, 6) is 1.43. The van der Waals surface area contributed by atoms with Crippen LogP contribution >= 0.6 is 27.5 Å². The third-order valence-electron chi connectivity index (χ3n) is 2.97. The molecule has 2 rings (SSSR count). The van der Waals surface area contributed by atoms with E-state index in [4.69, 9.17) is 16.3 Å². The number of benzene rings is 1. The molecule has 1 aromatic heterocycles. The highest BCUT2D eigenvalue weighted by atomic mass is 79.9. The summed E-state index contributed by atoms with van der Waals surface area (Å²) < 4.78 is 6.05. The first kappa shape index (κ1) is 16.2. The lowest BCUT2D eigenvalue weighted by Gasteiger charge is -2.13. The Morgan fingerprint density at radius 3 is 2.71 bits per heavy atom. The number of hydrogen-bond acceptors (Lipinski definition) is 4. The maximum absolute atomic E-state index is 6.01. The summed E-state index contributed by atoms with van der Waals surface area (Å²) in [5, 5.41) is 3.94. The molecule has 2 aromatic rings. The van der Waals surface area contributed by atoms with Crippen molar-refractivity contribution < 1.29 is 4.74 Å². The first-order valence-corrected chi connectivity index (χ1v) is 7.79. The molecule has 0 aliphatic carbocycles. The van der Waals surface area contributed by atoms with Crippen molar-refractivity contribution in [2.75, 3.05) is 19.0 Å². The van der Waals surface area contributed by atoms with Crippen molar-refractivity contribution in [3.8, 4) is 11.4 Å². The van der Waals surface area contributed by atoms with Crippen LogP contribution in [0, 0.1) is 6.92 Å². The van der Waals surface area contributed by atoms with Crippen LogP contribution in [-0.2, 0) is 11.3 Å². The van der Waals surface area contributed by atoms with Gasteiger partial charge < -0.3 is 10.1 Å². The third kappa shape index (κ3) is 3.73. The molecule has 0 aliphatic rings. The summed E-state index contributed by atoms with van der Waals surface area (Å²) in [4.78, 5) is 9.20. The molecular weight excluding hydrogens is 354 g/mol. The highest BCUT2D eigenvalue weighted by Gasteiger charge is 2.14. The minimum absolute atomic E-state index is 0.418. The number of rotatable bonds is 5. The van der Waals surface area contributed by atoms with Gasteiger partial charge in [-0.1, -0.05) is 11.6 Å². The van der Waals surface area contributed by atoms with Crippen molar-refractivity contribution in [3.63, 3.8) is 0 Å².